The van der Waals surface area contributed by atoms with Crippen LogP contribution in [0.4, 0.5) is 0 Å². The average Bonchev–Trinajstić information content (AvgIpc) is 2.81. The smallest absolute Gasteiger partial charge is 0.133 e. The maximum absolute atomic E-state index is 9.21. The van der Waals surface area contributed by atoms with E-state index in [0.717, 1.165) is 32.1 Å². The Labute approximate surface area is 200 Å². The van der Waals surface area contributed by atoms with Gasteiger partial charge in [-0.25, -0.2) is 0 Å². The lowest BCUT2D eigenvalue weighted by Gasteiger charge is -2.03. The van der Waals surface area contributed by atoms with Gasteiger partial charge in [-0.15, -0.1) is 24.7 Å². The predicted molar refractivity (Wildman–Crippen MR) is 142 cm³/mol. The number of allylic oxidation sites excluding steroid dienone is 3. The SMILES string of the molecule is C#CC=CCCCC#CCCCCCCCCCCCCCCCCCC=CC(O)C#C. The van der Waals surface area contributed by atoms with E-state index in [-0.39, 0.29) is 0 Å². The summed E-state index contributed by atoms with van der Waals surface area (Å²) in [5.74, 6) is 11.4. The van der Waals surface area contributed by atoms with Crippen molar-refractivity contribution in [3.8, 4) is 36.5 Å². The Bertz CT molecular complexity index is 587. The van der Waals surface area contributed by atoms with E-state index in [0.29, 0.717) is 0 Å². The second kappa shape index (κ2) is 27.2. The Morgan fingerprint density at radius 3 is 1.50 bits per heavy atom. The lowest BCUT2D eigenvalue weighted by Crippen LogP contribution is -1.95. The van der Waals surface area contributed by atoms with Crippen molar-refractivity contribution in [1.29, 1.82) is 0 Å². The topological polar surface area (TPSA) is 20.2 Å². The Balaban J connectivity index is 3.15. The van der Waals surface area contributed by atoms with Gasteiger partial charge in [-0.2, -0.15) is 0 Å². The van der Waals surface area contributed by atoms with Gasteiger partial charge in [0.05, 0.1) is 0 Å². The number of rotatable bonds is 21. The van der Waals surface area contributed by atoms with Crippen LogP contribution in [0.25, 0.3) is 0 Å². The molecule has 1 unspecified atom stereocenters. The molecule has 32 heavy (non-hydrogen) atoms. The van der Waals surface area contributed by atoms with Gasteiger partial charge < -0.3 is 5.11 Å². The van der Waals surface area contributed by atoms with E-state index in [2.05, 4.69) is 23.7 Å². The number of aliphatic hydroxyl groups is 1. The third kappa shape index (κ3) is 26.2. The first-order valence-corrected chi connectivity index (χ1v) is 13.2. The molecule has 1 nitrogen and oxygen atoms in total. The molecule has 178 valence electrons. The Morgan fingerprint density at radius 1 is 0.562 bits per heavy atom. The van der Waals surface area contributed by atoms with E-state index in [4.69, 9.17) is 12.8 Å². The van der Waals surface area contributed by atoms with Gasteiger partial charge in [0, 0.05) is 12.8 Å². The average molecular weight is 437 g/mol. The normalized spacial score (nSPS) is 11.8. The molecule has 0 spiro atoms. The van der Waals surface area contributed by atoms with Crippen molar-refractivity contribution in [1.82, 2.24) is 0 Å². The zero-order chi connectivity index (χ0) is 23.4. The highest BCUT2D eigenvalue weighted by atomic mass is 16.3. The highest BCUT2D eigenvalue weighted by molar-refractivity contribution is 5.08. The molecule has 0 aromatic carbocycles. The van der Waals surface area contributed by atoms with Crippen molar-refractivity contribution in [3.63, 3.8) is 0 Å². The van der Waals surface area contributed by atoms with Crippen molar-refractivity contribution in [2.45, 2.75) is 135 Å². The lowest BCUT2D eigenvalue weighted by molar-refractivity contribution is 0.280. The number of hydrogen-bond donors (Lipinski definition) is 1. The van der Waals surface area contributed by atoms with Crippen LogP contribution in [0.5, 0.6) is 0 Å². The summed E-state index contributed by atoms with van der Waals surface area (Å²) in [6.45, 7) is 0. The lowest BCUT2D eigenvalue weighted by atomic mass is 10.0. The summed E-state index contributed by atoms with van der Waals surface area (Å²) in [5.41, 5.74) is 0. The number of aliphatic hydroxyl groups excluding tert-OH is 1. The van der Waals surface area contributed by atoms with Crippen LogP contribution < -0.4 is 0 Å². The minimum atomic E-state index is -0.714. The van der Waals surface area contributed by atoms with Crippen molar-refractivity contribution in [3.05, 3.63) is 24.3 Å². The standard InChI is InChI=1S/C31H48O/c1-3-5-6-7-8-9-10-11-12-13-14-15-16-17-18-19-20-21-22-23-24-25-26-27-28-29-30-31(32)4-2/h1-2,5-6,29-32H,7-9,12-28H2. The maximum Gasteiger partial charge on any atom is 0.133 e. The molecule has 0 aliphatic carbocycles. The van der Waals surface area contributed by atoms with Crippen molar-refractivity contribution >= 4 is 0 Å². The van der Waals surface area contributed by atoms with Crippen LogP contribution in [0, 0.1) is 36.5 Å². The fourth-order valence-electron chi connectivity index (χ4n) is 3.69. The molecule has 1 N–H and O–H groups in total. The summed E-state index contributed by atoms with van der Waals surface area (Å²) >= 11 is 0. The quantitative estimate of drug-likeness (QED) is 0.109. The van der Waals surface area contributed by atoms with Gasteiger partial charge in [0.1, 0.15) is 6.10 Å². The van der Waals surface area contributed by atoms with E-state index >= 15 is 0 Å². The zero-order valence-electron chi connectivity index (χ0n) is 20.6. The predicted octanol–water partition coefficient (Wildman–Crippen LogP) is 8.53. The van der Waals surface area contributed by atoms with E-state index < -0.39 is 6.10 Å². The number of terminal acetylenes is 2. The van der Waals surface area contributed by atoms with Gasteiger partial charge in [-0.1, -0.05) is 107 Å². The molecule has 0 fully saturated rings. The van der Waals surface area contributed by atoms with Crippen LogP contribution in [0.2, 0.25) is 0 Å². The Morgan fingerprint density at radius 2 is 1.00 bits per heavy atom. The molecule has 0 aliphatic rings. The van der Waals surface area contributed by atoms with Crippen LogP contribution in [0.15, 0.2) is 24.3 Å². The summed E-state index contributed by atoms with van der Waals surface area (Å²) in [6, 6.07) is 0. The summed E-state index contributed by atoms with van der Waals surface area (Å²) in [5, 5.41) is 9.21. The molecule has 1 atom stereocenters. The monoisotopic (exact) mass is 436 g/mol. The molecule has 0 saturated carbocycles. The van der Waals surface area contributed by atoms with Crippen LogP contribution in [-0.2, 0) is 0 Å². The minimum absolute atomic E-state index is 0.714. The van der Waals surface area contributed by atoms with E-state index in [9.17, 15) is 5.11 Å². The van der Waals surface area contributed by atoms with Crippen LogP contribution in [0.3, 0.4) is 0 Å². The molecule has 0 amide bonds. The molecule has 0 aromatic rings. The van der Waals surface area contributed by atoms with Crippen LogP contribution >= 0.6 is 0 Å². The fraction of sp³-hybridized carbons (Fsp3) is 0.677. The molecule has 0 bridgehead atoms. The Hall–Kier alpha value is -1.88. The molecule has 0 aliphatic heterocycles. The fourth-order valence-corrected chi connectivity index (χ4v) is 3.69. The van der Waals surface area contributed by atoms with Gasteiger partial charge >= 0.3 is 0 Å². The molecule has 0 aromatic heterocycles. The molecular formula is C31H48O. The first kappa shape index (κ1) is 30.1. The van der Waals surface area contributed by atoms with Crippen molar-refractivity contribution in [2.75, 3.05) is 0 Å². The van der Waals surface area contributed by atoms with E-state index in [1.165, 1.54) is 96.3 Å². The Kier molecular flexibility index (Phi) is 25.6. The third-order valence-electron chi connectivity index (χ3n) is 5.67. The van der Waals surface area contributed by atoms with Crippen molar-refractivity contribution < 1.29 is 5.11 Å². The number of unbranched alkanes of at least 4 members (excludes halogenated alkanes) is 18. The largest absolute Gasteiger partial charge is 0.377 e. The summed E-state index contributed by atoms with van der Waals surface area (Å²) in [4.78, 5) is 0. The van der Waals surface area contributed by atoms with Gasteiger partial charge in [0.25, 0.3) is 0 Å². The van der Waals surface area contributed by atoms with Crippen LogP contribution in [-0.4, -0.2) is 11.2 Å². The van der Waals surface area contributed by atoms with Gasteiger partial charge in [0.15, 0.2) is 0 Å². The second-order valence-corrected chi connectivity index (χ2v) is 8.70. The van der Waals surface area contributed by atoms with Gasteiger partial charge in [-0.05, 0) is 44.3 Å². The first-order chi connectivity index (χ1) is 15.8. The second-order valence-electron chi connectivity index (χ2n) is 8.70. The minimum Gasteiger partial charge on any atom is -0.377 e. The third-order valence-corrected chi connectivity index (χ3v) is 5.67. The zero-order valence-corrected chi connectivity index (χ0v) is 20.6. The first-order valence-electron chi connectivity index (χ1n) is 13.2. The van der Waals surface area contributed by atoms with Gasteiger partial charge in [0.2, 0.25) is 0 Å². The number of hydrogen-bond acceptors (Lipinski definition) is 1. The summed E-state index contributed by atoms with van der Waals surface area (Å²) < 4.78 is 0. The highest BCUT2D eigenvalue weighted by Gasteiger charge is 1.95. The van der Waals surface area contributed by atoms with Crippen molar-refractivity contribution in [2.24, 2.45) is 0 Å². The van der Waals surface area contributed by atoms with Gasteiger partial charge in [-0.3, -0.25) is 0 Å². The molecule has 0 heterocycles. The highest BCUT2D eigenvalue weighted by Crippen LogP contribution is 2.14. The molecule has 0 rings (SSSR count). The molecule has 0 saturated heterocycles. The summed E-state index contributed by atoms with van der Waals surface area (Å²) in [6.07, 6.45) is 42.7. The van der Waals surface area contributed by atoms with E-state index in [1.807, 2.05) is 12.2 Å². The summed E-state index contributed by atoms with van der Waals surface area (Å²) in [7, 11) is 0. The molecule has 0 radical (unpaired) electrons. The maximum atomic E-state index is 9.21. The van der Waals surface area contributed by atoms with E-state index in [1.54, 1.807) is 12.2 Å². The van der Waals surface area contributed by atoms with Crippen LogP contribution in [0.1, 0.15) is 128 Å². The molecular weight excluding hydrogens is 388 g/mol. The molecule has 1 heteroatoms.